The third-order valence-corrected chi connectivity index (χ3v) is 4.99. The molecule has 0 bridgehead atoms. The van der Waals surface area contributed by atoms with Gasteiger partial charge >= 0.3 is 0 Å². The van der Waals surface area contributed by atoms with E-state index in [2.05, 4.69) is 5.32 Å². The minimum absolute atomic E-state index is 0.0239. The second kappa shape index (κ2) is 5.36. The van der Waals surface area contributed by atoms with Crippen molar-refractivity contribution >= 4 is 23.3 Å². The van der Waals surface area contributed by atoms with Crippen LogP contribution in [0.15, 0.2) is 12.1 Å². The molecule has 3 atom stereocenters. The van der Waals surface area contributed by atoms with Crippen molar-refractivity contribution in [2.75, 3.05) is 6.61 Å². The third kappa shape index (κ3) is 2.34. The van der Waals surface area contributed by atoms with Crippen LogP contribution in [0.1, 0.15) is 42.4 Å². The van der Waals surface area contributed by atoms with E-state index in [0.29, 0.717) is 24.5 Å². The number of ether oxygens (including phenoxy) is 1. The molecule has 22 heavy (non-hydrogen) atoms. The number of halogens is 1. The average Bonchev–Trinajstić information content (AvgIpc) is 2.62. The van der Waals surface area contributed by atoms with E-state index in [9.17, 15) is 9.59 Å². The van der Waals surface area contributed by atoms with Gasteiger partial charge in [-0.25, -0.2) is 0 Å². The fraction of sp³-hybridized carbons (Fsp3) is 0.529. The van der Waals surface area contributed by atoms with Crippen LogP contribution < -0.4 is 5.32 Å². The SMILES string of the molecule is Cc1cc(Cl)cc(C)c1C1C(=O)NC2(CCOC(C)C2)C1=O. The van der Waals surface area contributed by atoms with Crippen molar-refractivity contribution < 1.29 is 14.3 Å². The zero-order chi connectivity index (χ0) is 16.1. The molecule has 1 spiro atoms. The number of rotatable bonds is 1. The van der Waals surface area contributed by atoms with Gasteiger partial charge in [0.1, 0.15) is 11.5 Å². The molecular weight excluding hydrogens is 302 g/mol. The predicted octanol–water partition coefficient (Wildman–Crippen LogP) is 2.68. The fourth-order valence-corrected chi connectivity index (χ4v) is 4.16. The summed E-state index contributed by atoms with van der Waals surface area (Å²) in [5.41, 5.74) is 1.80. The Kier molecular flexibility index (Phi) is 3.77. The molecule has 3 unspecified atom stereocenters. The lowest BCUT2D eigenvalue weighted by Gasteiger charge is -2.35. The van der Waals surface area contributed by atoms with Crippen LogP contribution in [0.25, 0.3) is 0 Å². The first-order valence-electron chi connectivity index (χ1n) is 7.59. The Morgan fingerprint density at radius 1 is 1.27 bits per heavy atom. The number of carbonyl (C=O) groups excluding carboxylic acids is 2. The molecule has 5 heteroatoms. The first-order chi connectivity index (χ1) is 10.3. The maximum absolute atomic E-state index is 13.1. The molecule has 0 saturated carbocycles. The number of aryl methyl sites for hydroxylation is 2. The molecule has 4 nitrogen and oxygen atoms in total. The van der Waals surface area contributed by atoms with Gasteiger partial charge in [0.25, 0.3) is 0 Å². The standard InChI is InChI=1S/C17H20ClNO3/c1-9-6-12(18)7-10(2)13(9)14-15(20)17(19-16(14)21)4-5-22-11(3)8-17/h6-7,11,14H,4-5,8H2,1-3H3,(H,19,21). The summed E-state index contributed by atoms with van der Waals surface area (Å²) in [5.74, 6) is -0.962. The molecule has 2 aliphatic rings. The van der Waals surface area contributed by atoms with Crippen LogP contribution in [0.5, 0.6) is 0 Å². The Hall–Kier alpha value is -1.39. The van der Waals surface area contributed by atoms with Gasteiger partial charge in [-0.05, 0) is 49.6 Å². The van der Waals surface area contributed by atoms with Gasteiger partial charge in [-0.3, -0.25) is 9.59 Å². The Morgan fingerprint density at radius 2 is 1.91 bits per heavy atom. The lowest BCUT2D eigenvalue weighted by atomic mass is 9.78. The van der Waals surface area contributed by atoms with E-state index >= 15 is 0 Å². The van der Waals surface area contributed by atoms with Gasteiger partial charge in [0.15, 0.2) is 5.78 Å². The Morgan fingerprint density at radius 3 is 2.50 bits per heavy atom. The number of hydrogen-bond donors (Lipinski definition) is 1. The monoisotopic (exact) mass is 321 g/mol. The summed E-state index contributed by atoms with van der Waals surface area (Å²) in [6.07, 6.45) is 1.06. The van der Waals surface area contributed by atoms with E-state index in [0.717, 1.165) is 16.7 Å². The molecular formula is C17H20ClNO3. The largest absolute Gasteiger partial charge is 0.378 e. The summed E-state index contributed by atoms with van der Waals surface area (Å²) in [6, 6.07) is 3.62. The molecule has 1 N–H and O–H groups in total. The summed E-state index contributed by atoms with van der Waals surface area (Å²) < 4.78 is 5.53. The van der Waals surface area contributed by atoms with Crippen molar-refractivity contribution in [3.8, 4) is 0 Å². The molecule has 3 rings (SSSR count). The molecule has 0 radical (unpaired) electrons. The van der Waals surface area contributed by atoms with Crippen molar-refractivity contribution in [2.24, 2.45) is 0 Å². The second-order valence-corrected chi connectivity index (χ2v) is 6.89. The molecule has 2 heterocycles. The van der Waals surface area contributed by atoms with Gasteiger partial charge in [0, 0.05) is 24.5 Å². The molecule has 118 valence electrons. The minimum atomic E-state index is -0.766. The van der Waals surface area contributed by atoms with Crippen molar-refractivity contribution in [2.45, 2.75) is 51.2 Å². The molecule has 1 aromatic carbocycles. The van der Waals surface area contributed by atoms with Crippen LogP contribution in [0, 0.1) is 13.8 Å². The van der Waals surface area contributed by atoms with Gasteiger partial charge < -0.3 is 10.1 Å². The number of nitrogens with one attached hydrogen (secondary N) is 1. The molecule has 1 aromatic rings. The summed E-state index contributed by atoms with van der Waals surface area (Å²) in [5, 5.41) is 3.59. The maximum atomic E-state index is 13.1. The van der Waals surface area contributed by atoms with Gasteiger partial charge in [-0.15, -0.1) is 0 Å². The van der Waals surface area contributed by atoms with Crippen LogP contribution in [0.3, 0.4) is 0 Å². The molecule has 2 aliphatic heterocycles. The van der Waals surface area contributed by atoms with E-state index in [1.54, 1.807) is 0 Å². The maximum Gasteiger partial charge on any atom is 0.235 e. The Balaban J connectivity index is 2.03. The fourth-order valence-electron chi connectivity index (χ4n) is 3.83. The number of benzene rings is 1. The van der Waals surface area contributed by atoms with Crippen LogP contribution >= 0.6 is 11.6 Å². The number of Topliss-reactive ketones (excluding diaryl/α,β-unsaturated/α-hetero) is 1. The zero-order valence-electron chi connectivity index (χ0n) is 13.0. The first-order valence-corrected chi connectivity index (χ1v) is 7.96. The topological polar surface area (TPSA) is 55.4 Å². The molecule has 0 aliphatic carbocycles. The van der Waals surface area contributed by atoms with Gasteiger partial charge in [0.2, 0.25) is 5.91 Å². The molecule has 2 fully saturated rings. The van der Waals surface area contributed by atoms with Crippen molar-refractivity contribution in [1.29, 1.82) is 0 Å². The van der Waals surface area contributed by atoms with Crippen LogP contribution in [0.4, 0.5) is 0 Å². The number of hydrogen-bond acceptors (Lipinski definition) is 3. The number of carbonyl (C=O) groups is 2. The van der Waals surface area contributed by atoms with E-state index in [1.165, 1.54) is 0 Å². The lowest BCUT2D eigenvalue weighted by Crippen LogP contribution is -2.52. The Labute approximate surface area is 135 Å². The van der Waals surface area contributed by atoms with E-state index < -0.39 is 11.5 Å². The quantitative estimate of drug-likeness (QED) is 0.809. The summed E-state index contributed by atoms with van der Waals surface area (Å²) in [6.45, 7) is 6.23. The Bertz CT molecular complexity index is 634. The highest BCUT2D eigenvalue weighted by atomic mass is 35.5. The molecule has 2 saturated heterocycles. The van der Waals surface area contributed by atoms with Crippen molar-refractivity contribution in [1.82, 2.24) is 5.32 Å². The van der Waals surface area contributed by atoms with E-state index in [1.807, 2.05) is 32.9 Å². The van der Waals surface area contributed by atoms with Gasteiger partial charge in [-0.2, -0.15) is 0 Å². The normalized spacial score (nSPS) is 31.6. The number of ketones is 1. The average molecular weight is 322 g/mol. The molecule has 0 aromatic heterocycles. The van der Waals surface area contributed by atoms with Crippen LogP contribution in [0.2, 0.25) is 5.02 Å². The van der Waals surface area contributed by atoms with E-state index in [4.69, 9.17) is 16.3 Å². The smallest absolute Gasteiger partial charge is 0.235 e. The predicted molar refractivity (Wildman–Crippen MR) is 84.2 cm³/mol. The third-order valence-electron chi connectivity index (χ3n) is 4.77. The second-order valence-electron chi connectivity index (χ2n) is 6.46. The molecule has 1 amide bonds. The van der Waals surface area contributed by atoms with Crippen LogP contribution in [-0.4, -0.2) is 29.9 Å². The summed E-state index contributed by atoms with van der Waals surface area (Å²) in [7, 11) is 0. The van der Waals surface area contributed by atoms with Crippen molar-refractivity contribution in [3.05, 3.63) is 33.8 Å². The minimum Gasteiger partial charge on any atom is -0.378 e. The van der Waals surface area contributed by atoms with Gasteiger partial charge in [-0.1, -0.05) is 11.6 Å². The van der Waals surface area contributed by atoms with Crippen molar-refractivity contribution in [3.63, 3.8) is 0 Å². The summed E-state index contributed by atoms with van der Waals surface area (Å²) >= 11 is 6.06. The highest BCUT2D eigenvalue weighted by Gasteiger charge is 2.55. The summed E-state index contributed by atoms with van der Waals surface area (Å²) in [4.78, 5) is 25.6. The highest BCUT2D eigenvalue weighted by Crippen LogP contribution is 2.39. The van der Waals surface area contributed by atoms with E-state index in [-0.39, 0.29) is 17.8 Å². The van der Waals surface area contributed by atoms with Crippen LogP contribution in [-0.2, 0) is 14.3 Å². The van der Waals surface area contributed by atoms with Gasteiger partial charge in [0.05, 0.1) is 6.10 Å². The lowest BCUT2D eigenvalue weighted by molar-refractivity contribution is -0.129. The zero-order valence-corrected chi connectivity index (χ0v) is 13.8. The number of amides is 1. The highest BCUT2D eigenvalue weighted by molar-refractivity contribution is 6.30. The first kappa shape index (κ1) is 15.5.